The first-order valence-corrected chi connectivity index (χ1v) is 7.37. The van der Waals surface area contributed by atoms with Crippen LogP contribution in [0.3, 0.4) is 0 Å². The van der Waals surface area contributed by atoms with E-state index in [9.17, 15) is 0 Å². The van der Waals surface area contributed by atoms with Gasteiger partial charge in [0.2, 0.25) is 0 Å². The molecule has 0 saturated carbocycles. The lowest BCUT2D eigenvalue weighted by Crippen LogP contribution is -1.90. The summed E-state index contributed by atoms with van der Waals surface area (Å²) < 4.78 is 0. The van der Waals surface area contributed by atoms with Gasteiger partial charge in [-0.25, -0.2) is 0 Å². The molecule has 2 N–H and O–H groups in total. The lowest BCUT2D eigenvalue weighted by Gasteiger charge is -2.10. The molecule has 0 radical (unpaired) electrons. The van der Waals surface area contributed by atoms with Crippen molar-refractivity contribution in [1.29, 1.82) is 0 Å². The minimum Gasteiger partial charge on any atom is -0.398 e. The van der Waals surface area contributed by atoms with E-state index in [1.807, 2.05) is 18.2 Å². The molecule has 3 aromatic carbocycles. The van der Waals surface area contributed by atoms with Crippen molar-refractivity contribution in [3.8, 4) is 22.3 Å². The molecule has 1 aliphatic rings. The molecule has 0 aromatic heterocycles. The van der Waals surface area contributed by atoms with Crippen molar-refractivity contribution in [2.24, 2.45) is 0 Å². The monoisotopic (exact) mass is 291 g/mol. The highest BCUT2D eigenvalue weighted by Crippen LogP contribution is 2.42. The van der Waals surface area contributed by atoms with Gasteiger partial charge in [0.25, 0.3) is 0 Å². The Morgan fingerprint density at radius 1 is 0.810 bits per heavy atom. The molecule has 102 valence electrons. The molecule has 0 saturated heterocycles. The average Bonchev–Trinajstić information content (AvgIpc) is 2.89. The first-order valence-electron chi connectivity index (χ1n) is 6.99. The molecule has 0 amide bonds. The zero-order valence-electron chi connectivity index (χ0n) is 11.4. The summed E-state index contributed by atoms with van der Waals surface area (Å²) in [4.78, 5) is 0. The molecule has 0 spiro atoms. The molecule has 0 bridgehead atoms. The van der Waals surface area contributed by atoms with Crippen molar-refractivity contribution in [2.75, 3.05) is 5.73 Å². The van der Waals surface area contributed by atoms with E-state index < -0.39 is 0 Å². The van der Waals surface area contributed by atoms with Gasteiger partial charge in [0, 0.05) is 0 Å². The Labute approximate surface area is 129 Å². The molecule has 1 aliphatic carbocycles. The maximum atomic E-state index is 6.18. The van der Waals surface area contributed by atoms with Gasteiger partial charge in [-0.3, -0.25) is 0 Å². The predicted molar refractivity (Wildman–Crippen MR) is 89.5 cm³/mol. The summed E-state index contributed by atoms with van der Waals surface area (Å²) in [5, 5.41) is 0.612. The topological polar surface area (TPSA) is 26.0 Å². The number of fused-ring (bicyclic) bond motifs is 3. The quantitative estimate of drug-likeness (QED) is 0.482. The number of nitrogen functional groups attached to an aromatic ring is 1. The Kier molecular flexibility index (Phi) is 2.76. The minimum atomic E-state index is 0.612. The van der Waals surface area contributed by atoms with E-state index in [-0.39, 0.29) is 0 Å². The van der Waals surface area contributed by atoms with Gasteiger partial charge in [-0.2, -0.15) is 0 Å². The molecule has 21 heavy (non-hydrogen) atoms. The first kappa shape index (κ1) is 12.5. The summed E-state index contributed by atoms with van der Waals surface area (Å²) >= 11 is 6.18. The van der Waals surface area contributed by atoms with Gasteiger partial charge in [-0.05, 0) is 51.9 Å². The SMILES string of the molecule is Nc1ccc(-c2cccc3c2Cc2ccccc2-3)cc1Cl. The number of rotatable bonds is 1. The molecular weight excluding hydrogens is 278 g/mol. The number of hydrogen-bond donors (Lipinski definition) is 1. The summed E-state index contributed by atoms with van der Waals surface area (Å²) in [6.07, 6.45) is 0.976. The summed E-state index contributed by atoms with van der Waals surface area (Å²) in [5.41, 5.74) is 14.2. The van der Waals surface area contributed by atoms with Crippen LogP contribution in [0.25, 0.3) is 22.3 Å². The van der Waals surface area contributed by atoms with Crippen LogP contribution in [0, 0.1) is 0 Å². The number of nitrogens with two attached hydrogens (primary N) is 1. The van der Waals surface area contributed by atoms with Crippen LogP contribution < -0.4 is 5.73 Å². The summed E-state index contributed by atoms with van der Waals surface area (Å²) in [5.74, 6) is 0. The average molecular weight is 292 g/mol. The second-order valence-corrected chi connectivity index (χ2v) is 5.81. The van der Waals surface area contributed by atoms with E-state index in [1.165, 1.54) is 27.8 Å². The number of hydrogen-bond acceptors (Lipinski definition) is 1. The maximum Gasteiger partial charge on any atom is 0.0641 e. The number of anilines is 1. The molecule has 0 atom stereocenters. The van der Waals surface area contributed by atoms with Crippen molar-refractivity contribution in [1.82, 2.24) is 0 Å². The van der Waals surface area contributed by atoms with Crippen molar-refractivity contribution in [2.45, 2.75) is 6.42 Å². The summed E-state index contributed by atoms with van der Waals surface area (Å²) in [7, 11) is 0. The largest absolute Gasteiger partial charge is 0.398 e. The van der Waals surface area contributed by atoms with Crippen LogP contribution in [0.4, 0.5) is 5.69 Å². The third kappa shape index (κ3) is 1.93. The van der Waals surface area contributed by atoms with Crippen LogP contribution in [-0.4, -0.2) is 0 Å². The van der Waals surface area contributed by atoms with Crippen molar-refractivity contribution in [3.05, 3.63) is 76.8 Å². The van der Waals surface area contributed by atoms with E-state index in [2.05, 4.69) is 42.5 Å². The van der Waals surface area contributed by atoms with Crippen molar-refractivity contribution < 1.29 is 0 Å². The zero-order valence-corrected chi connectivity index (χ0v) is 12.2. The van der Waals surface area contributed by atoms with Crippen LogP contribution in [0.15, 0.2) is 60.7 Å². The van der Waals surface area contributed by atoms with Crippen molar-refractivity contribution >= 4 is 17.3 Å². The first-order chi connectivity index (χ1) is 10.2. The zero-order chi connectivity index (χ0) is 14.4. The lowest BCUT2D eigenvalue weighted by molar-refractivity contribution is 1.26. The van der Waals surface area contributed by atoms with Gasteiger partial charge in [0.15, 0.2) is 0 Å². The van der Waals surface area contributed by atoms with Gasteiger partial charge in [-0.15, -0.1) is 0 Å². The van der Waals surface area contributed by atoms with Gasteiger partial charge in [-0.1, -0.05) is 60.1 Å². The number of benzene rings is 3. The fraction of sp³-hybridized carbons (Fsp3) is 0.0526. The Morgan fingerprint density at radius 2 is 1.57 bits per heavy atom. The van der Waals surface area contributed by atoms with Crippen LogP contribution in [0.1, 0.15) is 11.1 Å². The smallest absolute Gasteiger partial charge is 0.0641 e. The third-order valence-corrected chi connectivity index (χ3v) is 4.49. The molecule has 0 unspecified atom stereocenters. The van der Waals surface area contributed by atoms with Crippen LogP contribution >= 0.6 is 11.6 Å². The Morgan fingerprint density at radius 3 is 2.43 bits per heavy atom. The van der Waals surface area contributed by atoms with E-state index in [0.29, 0.717) is 10.7 Å². The lowest BCUT2D eigenvalue weighted by atomic mass is 9.95. The second-order valence-electron chi connectivity index (χ2n) is 5.40. The van der Waals surface area contributed by atoms with E-state index >= 15 is 0 Å². The number of halogens is 1. The highest BCUT2D eigenvalue weighted by atomic mass is 35.5. The standard InChI is InChI=1S/C19H14ClN/c20-18-11-13(8-9-19(18)21)15-6-3-7-16-14-5-2-1-4-12(14)10-17(15)16/h1-9,11H,10,21H2. The summed E-state index contributed by atoms with van der Waals surface area (Å²) in [6.45, 7) is 0. The highest BCUT2D eigenvalue weighted by Gasteiger charge is 2.20. The van der Waals surface area contributed by atoms with E-state index in [1.54, 1.807) is 0 Å². The fourth-order valence-corrected chi connectivity index (χ4v) is 3.30. The normalized spacial score (nSPS) is 12.0. The van der Waals surface area contributed by atoms with E-state index in [4.69, 9.17) is 17.3 Å². The van der Waals surface area contributed by atoms with Crippen molar-refractivity contribution in [3.63, 3.8) is 0 Å². The highest BCUT2D eigenvalue weighted by molar-refractivity contribution is 6.33. The van der Waals surface area contributed by atoms with Gasteiger partial charge in [0.05, 0.1) is 10.7 Å². The molecule has 4 rings (SSSR count). The Balaban J connectivity index is 1.92. The molecule has 0 fully saturated rings. The molecule has 2 heteroatoms. The van der Waals surface area contributed by atoms with Crippen LogP contribution in [0.2, 0.25) is 5.02 Å². The summed E-state index contributed by atoms with van der Waals surface area (Å²) in [6, 6.07) is 20.9. The van der Waals surface area contributed by atoms with Gasteiger partial charge < -0.3 is 5.73 Å². The van der Waals surface area contributed by atoms with Gasteiger partial charge in [0.1, 0.15) is 0 Å². The van der Waals surface area contributed by atoms with Crippen LogP contribution in [-0.2, 0) is 6.42 Å². The molecule has 0 heterocycles. The minimum absolute atomic E-state index is 0.612. The Bertz CT molecular complexity index is 852. The Hall–Kier alpha value is -2.25. The molecule has 3 aromatic rings. The third-order valence-electron chi connectivity index (χ3n) is 4.16. The van der Waals surface area contributed by atoms with E-state index in [0.717, 1.165) is 12.0 Å². The second kappa shape index (κ2) is 4.64. The molecular formula is C19H14ClN. The van der Waals surface area contributed by atoms with Gasteiger partial charge >= 0.3 is 0 Å². The molecule has 1 nitrogen and oxygen atoms in total. The van der Waals surface area contributed by atoms with Crippen LogP contribution in [0.5, 0.6) is 0 Å². The maximum absolute atomic E-state index is 6.18. The molecule has 0 aliphatic heterocycles. The fourth-order valence-electron chi connectivity index (χ4n) is 3.12. The predicted octanol–water partition coefficient (Wildman–Crippen LogP) is 5.16.